The van der Waals surface area contributed by atoms with Crippen molar-refractivity contribution in [3.63, 3.8) is 0 Å². The van der Waals surface area contributed by atoms with Crippen molar-refractivity contribution in [2.24, 2.45) is 0 Å². The first-order chi connectivity index (χ1) is 14.4. The largest absolute Gasteiger partial charge is 0.417 e. The number of hydrogen-bond acceptors (Lipinski definition) is 5. The Morgan fingerprint density at radius 2 is 2.03 bits per heavy atom. The maximum atomic E-state index is 13.0. The summed E-state index contributed by atoms with van der Waals surface area (Å²) < 4.78 is 39.1. The molecule has 0 atom stereocenters. The van der Waals surface area contributed by atoms with Crippen LogP contribution in [-0.2, 0) is 6.18 Å². The molecule has 3 aromatic rings. The van der Waals surface area contributed by atoms with E-state index < -0.39 is 17.8 Å². The predicted octanol–water partition coefficient (Wildman–Crippen LogP) is 4.41. The van der Waals surface area contributed by atoms with E-state index in [4.69, 9.17) is 0 Å². The van der Waals surface area contributed by atoms with Crippen LogP contribution in [0.15, 0.2) is 55.0 Å². The van der Waals surface area contributed by atoms with Crippen molar-refractivity contribution in [2.75, 3.05) is 28.6 Å². The second kappa shape index (κ2) is 7.97. The van der Waals surface area contributed by atoms with E-state index in [2.05, 4.69) is 25.6 Å². The van der Waals surface area contributed by atoms with Crippen LogP contribution in [-0.4, -0.2) is 34.1 Å². The number of urea groups is 1. The lowest BCUT2D eigenvalue weighted by atomic mass is 10.1. The molecule has 4 heterocycles. The minimum absolute atomic E-state index is 0.210. The molecule has 7 nitrogen and oxygen atoms in total. The predicted molar refractivity (Wildman–Crippen MR) is 106 cm³/mol. The van der Waals surface area contributed by atoms with Crippen molar-refractivity contribution in [3.8, 4) is 11.3 Å². The molecule has 3 aromatic heterocycles. The number of aromatic nitrogens is 3. The average Bonchev–Trinajstić information content (AvgIpc) is 2.96. The minimum atomic E-state index is -4.51. The molecule has 4 rings (SSSR count). The fraction of sp³-hybridized carbons (Fsp3) is 0.200. The summed E-state index contributed by atoms with van der Waals surface area (Å²) in [7, 11) is 0. The number of pyridine rings is 3. The van der Waals surface area contributed by atoms with E-state index in [-0.39, 0.29) is 11.3 Å². The van der Waals surface area contributed by atoms with E-state index in [9.17, 15) is 18.0 Å². The van der Waals surface area contributed by atoms with E-state index in [1.54, 1.807) is 36.5 Å². The summed E-state index contributed by atoms with van der Waals surface area (Å²) in [6.07, 6.45) is -0.199. The molecule has 0 aromatic carbocycles. The topological polar surface area (TPSA) is 83.0 Å². The Kier molecular flexibility index (Phi) is 5.21. The molecule has 1 aliphatic rings. The third kappa shape index (κ3) is 4.17. The van der Waals surface area contributed by atoms with Crippen LogP contribution in [0.25, 0.3) is 11.3 Å². The number of rotatable bonds is 2. The molecule has 2 N–H and O–H groups in total. The highest BCUT2D eigenvalue weighted by atomic mass is 19.4. The molecule has 10 heteroatoms. The number of alkyl halides is 3. The summed E-state index contributed by atoms with van der Waals surface area (Å²) in [5, 5.41) is 5.91. The van der Waals surface area contributed by atoms with E-state index in [0.717, 1.165) is 12.3 Å². The molecule has 1 aliphatic heterocycles. The van der Waals surface area contributed by atoms with Crippen LogP contribution in [0.3, 0.4) is 0 Å². The number of anilines is 3. The van der Waals surface area contributed by atoms with Gasteiger partial charge in [-0.3, -0.25) is 15.2 Å². The molecule has 0 aliphatic carbocycles. The van der Waals surface area contributed by atoms with Gasteiger partial charge in [0.15, 0.2) is 5.82 Å². The van der Waals surface area contributed by atoms with E-state index >= 15 is 0 Å². The molecule has 0 radical (unpaired) electrons. The van der Waals surface area contributed by atoms with Crippen LogP contribution in [0.4, 0.5) is 35.3 Å². The van der Waals surface area contributed by atoms with Crippen LogP contribution < -0.4 is 15.5 Å². The Hall–Kier alpha value is -3.69. The molecule has 0 fully saturated rings. The number of halogens is 3. The van der Waals surface area contributed by atoms with Crippen molar-refractivity contribution in [3.05, 3.63) is 60.6 Å². The van der Waals surface area contributed by atoms with Crippen molar-refractivity contribution < 1.29 is 18.0 Å². The molecular weight excluding hydrogens is 397 g/mol. The number of carbonyl (C=O) groups is 1. The molecule has 0 bridgehead atoms. The summed E-state index contributed by atoms with van der Waals surface area (Å²) in [5.41, 5.74) is 0.251. The van der Waals surface area contributed by atoms with Crippen LogP contribution in [0.2, 0.25) is 0 Å². The second-order valence-electron chi connectivity index (χ2n) is 6.60. The Bertz CT molecular complexity index is 1060. The molecule has 0 spiro atoms. The lowest BCUT2D eigenvalue weighted by Crippen LogP contribution is -2.36. The number of hydrogen-bond donors (Lipinski definition) is 2. The van der Waals surface area contributed by atoms with Gasteiger partial charge in [0.2, 0.25) is 0 Å². The van der Waals surface area contributed by atoms with Crippen molar-refractivity contribution in [1.29, 1.82) is 0 Å². The third-order valence-corrected chi connectivity index (χ3v) is 4.51. The molecular formula is C20H17F3N6O. The first kappa shape index (κ1) is 19.6. The van der Waals surface area contributed by atoms with Crippen LogP contribution in [0.1, 0.15) is 12.0 Å². The normalized spacial score (nSPS) is 13.8. The van der Waals surface area contributed by atoms with Crippen LogP contribution in [0.5, 0.6) is 0 Å². The van der Waals surface area contributed by atoms with Gasteiger partial charge in [-0.05, 0) is 36.8 Å². The molecule has 30 heavy (non-hydrogen) atoms. The lowest BCUT2D eigenvalue weighted by Gasteiger charge is -2.22. The van der Waals surface area contributed by atoms with E-state index in [0.29, 0.717) is 36.8 Å². The highest BCUT2D eigenvalue weighted by Crippen LogP contribution is 2.33. The molecule has 0 saturated heterocycles. The smallest absolute Gasteiger partial charge is 0.382 e. The fourth-order valence-corrected chi connectivity index (χ4v) is 3.07. The maximum Gasteiger partial charge on any atom is 0.417 e. The Morgan fingerprint density at radius 1 is 1.17 bits per heavy atom. The number of carbonyl (C=O) groups excluding carboxylic acids is 1. The minimum Gasteiger partial charge on any atom is -0.382 e. The van der Waals surface area contributed by atoms with Crippen molar-refractivity contribution >= 4 is 23.4 Å². The van der Waals surface area contributed by atoms with Gasteiger partial charge in [-0.15, -0.1) is 0 Å². The maximum absolute atomic E-state index is 13.0. The zero-order chi connectivity index (χ0) is 21.1. The highest BCUT2D eigenvalue weighted by molar-refractivity contribution is 6.02. The summed E-state index contributed by atoms with van der Waals surface area (Å²) >= 11 is 0. The summed E-state index contributed by atoms with van der Waals surface area (Å²) in [6.45, 7) is 1.02. The molecule has 154 valence electrons. The van der Waals surface area contributed by atoms with Gasteiger partial charge in [0.1, 0.15) is 5.82 Å². The van der Waals surface area contributed by atoms with Gasteiger partial charge < -0.3 is 5.32 Å². The fourth-order valence-electron chi connectivity index (χ4n) is 3.07. The van der Waals surface area contributed by atoms with Crippen LogP contribution >= 0.6 is 0 Å². The summed E-state index contributed by atoms with van der Waals surface area (Å²) in [4.78, 5) is 26.6. The van der Waals surface area contributed by atoms with Gasteiger partial charge >= 0.3 is 12.2 Å². The SMILES string of the molecule is O=C(Nc1ccccn1)N1CCCNc2ccc(-c3cncc(C(F)(F)F)c3)nc21. The van der Waals surface area contributed by atoms with Gasteiger partial charge in [0.05, 0.1) is 16.9 Å². The Balaban J connectivity index is 1.69. The summed E-state index contributed by atoms with van der Waals surface area (Å²) in [6, 6.07) is 9.00. The van der Waals surface area contributed by atoms with E-state index in [1.807, 2.05) is 0 Å². The molecule has 2 amide bonds. The highest BCUT2D eigenvalue weighted by Gasteiger charge is 2.31. The first-order valence-electron chi connectivity index (χ1n) is 9.19. The van der Waals surface area contributed by atoms with Crippen molar-refractivity contribution in [2.45, 2.75) is 12.6 Å². The van der Waals surface area contributed by atoms with Gasteiger partial charge in [-0.2, -0.15) is 13.2 Å². The Labute approximate surface area is 170 Å². The van der Waals surface area contributed by atoms with Gasteiger partial charge in [0, 0.05) is 37.2 Å². The number of fused-ring (bicyclic) bond motifs is 1. The van der Waals surface area contributed by atoms with Crippen LogP contribution in [0, 0.1) is 0 Å². The van der Waals surface area contributed by atoms with Gasteiger partial charge in [0.25, 0.3) is 0 Å². The molecule has 0 unspecified atom stereocenters. The molecule has 0 saturated carbocycles. The zero-order valence-electron chi connectivity index (χ0n) is 15.6. The average molecular weight is 414 g/mol. The second-order valence-corrected chi connectivity index (χ2v) is 6.60. The van der Waals surface area contributed by atoms with Gasteiger partial charge in [-0.1, -0.05) is 6.07 Å². The van der Waals surface area contributed by atoms with E-state index in [1.165, 1.54) is 11.1 Å². The van der Waals surface area contributed by atoms with Crippen molar-refractivity contribution in [1.82, 2.24) is 15.0 Å². The first-order valence-corrected chi connectivity index (χ1v) is 9.19. The zero-order valence-corrected chi connectivity index (χ0v) is 15.6. The standard InChI is InChI=1S/C20H17F3N6O/c21-20(22,23)14-10-13(11-24-12-14)15-5-6-16-18(27-15)29(9-3-8-25-16)19(30)28-17-4-1-2-7-26-17/h1-2,4-7,10-12,25H,3,8-9H2,(H,26,28,30). The number of nitrogens with one attached hydrogen (secondary N) is 2. The lowest BCUT2D eigenvalue weighted by molar-refractivity contribution is -0.137. The quantitative estimate of drug-likeness (QED) is 0.649. The monoisotopic (exact) mass is 414 g/mol. The third-order valence-electron chi connectivity index (χ3n) is 4.51. The summed E-state index contributed by atoms with van der Waals surface area (Å²) in [5.74, 6) is 0.718. The Morgan fingerprint density at radius 3 is 2.80 bits per heavy atom. The number of amides is 2. The number of nitrogens with zero attached hydrogens (tertiary/aromatic N) is 4. The van der Waals surface area contributed by atoms with Gasteiger partial charge in [-0.25, -0.2) is 14.8 Å².